The minimum absolute atomic E-state index is 0.00981. The van der Waals surface area contributed by atoms with Gasteiger partial charge in [0.25, 0.3) is 0 Å². The molecule has 4 aliphatic heterocycles. The number of nitrogens with zero attached hydrogens (tertiary/aromatic N) is 28. The van der Waals surface area contributed by atoms with E-state index in [9.17, 15) is 18.4 Å². The summed E-state index contributed by atoms with van der Waals surface area (Å²) in [5, 5.41) is 41.6. The maximum absolute atomic E-state index is 12.6. The number of aromatic amines is 1. The van der Waals surface area contributed by atoms with Crippen LogP contribution in [-0.4, -0.2) is 169 Å². The lowest BCUT2D eigenvalue weighted by molar-refractivity contribution is 0.0983. The molecule has 4 aliphatic carbocycles. The summed E-state index contributed by atoms with van der Waals surface area (Å²) in [6.45, 7) is 10.2. The Hall–Kier alpha value is -11.5. The highest BCUT2D eigenvalue weighted by Gasteiger charge is 2.44. The molecule has 20 rings (SSSR count). The molecule has 33 nitrogen and oxygen atoms in total. The van der Waals surface area contributed by atoms with Crippen LogP contribution >= 0.6 is 11.6 Å². The van der Waals surface area contributed by atoms with Crippen LogP contribution in [-0.2, 0) is 23.3 Å². The van der Waals surface area contributed by atoms with Gasteiger partial charge in [-0.15, -0.1) is 40.8 Å². The van der Waals surface area contributed by atoms with E-state index in [4.69, 9.17) is 26.6 Å². The Morgan fingerprint density at radius 1 is 0.465 bits per heavy atom. The van der Waals surface area contributed by atoms with Crippen LogP contribution in [0.2, 0.25) is 5.28 Å². The predicted octanol–water partition coefficient (Wildman–Crippen LogP) is 12.7. The molecule has 4 saturated carbocycles. The van der Waals surface area contributed by atoms with Crippen molar-refractivity contribution in [2.75, 3.05) is 19.6 Å². The molecule has 1 N–H and O–H groups in total. The number of ketones is 2. The Morgan fingerprint density at radius 3 is 1.25 bits per heavy atom. The Balaban J connectivity index is 0.000000111. The topological polar surface area (TPSA) is 381 Å². The van der Waals surface area contributed by atoms with E-state index in [0.29, 0.717) is 58.3 Å². The first-order valence-electron chi connectivity index (χ1n) is 39.6. The van der Waals surface area contributed by atoms with Crippen molar-refractivity contribution in [2.45, 2.75) is 224 Å². The van der Waals surface area contributed by atoms with Crippen LogP contribution in [0, 0.1) is 0 Å². The molecular formula is C79H89ClN29O4S-. The van der Waals surface area contributed by atoms with Crippen molar-refractivity contribution in [1.29, 1.82) is 0 Å². The Morgan fingerprint density at radius 2 is 0.851 bits per heavy atom. The van der Waals surface area contributed by atoms with Gasteiger partial charge < -0.3 is 24.2 Å². The lowest BCUT2D eigenvalue weighted by atomic mass is 10.0. The minimum atomic E-state index is -2.20. The third-order valence-electron chi connectivity index (χ3n) is 22.7. The minimum Gasteiger partial charge on any atom is -0.772 e. The highest BCUT2D eigenvalue weighted by molar-refractivity contribution is 7.78. The molecule has 12 aromatic heterocycles. The number of carbonyl (C=O) groups is 2. The Kier molecular flexibility index (Phi) is 23.1. The van der Waals surface area contributed by atoms with Gasteiger partial charge in [-0.1, -0.05) is 97.3 Å². The van der Waals surface area contributed by atoms with Gasteiger partial charge in [-0.2, -0.15) is 10.1 Å². The van der Waals surface area contributed by atoms with Crippen LogP contribution in [0.15, 0.2) is 129 Å². The fourth-order valence-corrected chi connectivity index (χ4v) is 18.0. The zero-order valence-electron chi connectivity index (χ0n) is 64.2. The van der Waals surface area contributed by atoms with E-state index < -0.39 is 11.1 Å². The van der Waals surface area contributed by atoms with Gasteiger partial charge in [-0.05, 0) is 136 Å². The van der Waals surface area contributed by atoms with E-state index in [-0.39, 0.29) is 47.9 Å². The van der Waals surface area contributed by atoms with E-state index in [0.717, 1.165) is 138 Å². The number of carbonyl (C=O) groups excluding carboxylic acids is 2. The number of anilines is 4. The fourth-order valence-electron chi connectivity index (χ4n) is 17.5. The number of Topliss-reactive ketones (excluding diaryl/α,β-unsaturated/α-hetero) is 2. The summed E-state index contributed by atoms with van der Waals surface area (Å²) in [4.78, 5) is 81.9. The van der Waals surface area contributed by atoms with E-state index >= 15 is 0 Å². The summed E-state index contributed by atoms with van der Waals surface area (Å²) < 4.78 is 30.0. The van der Waals surface area contributed by atoms with Gasteiger partial charge in [0.15, 0.2) is 64.0 Å². The van der Waals surface area contributed by atoms with E-state index in [2.05, 4.69) is 138 Å². The van der Waals surface area contributed by atoms with E-state index in [1.54, 1.807) is 99.0 Å². The molecule has 8 aliphatic rings. The van der Waals surface area contributed by atoms with Crippen LogP contribution < -0.4 is 19.6 Å². The van der Waals surface area contributed by atoms with Crippen molar-refractivity contribution < 1.29 is 18.4 Å². The lowest BCUT2D eigenvalue weighted by Crippen LogP contribution is -2.42. The van der Waals surface area contributed by atoms with Gasteiger partial charge in [0.05, 0.1) is 84.3 Å². The second-order valence-electron chi connectivity index (χ2n) is 29.5. The maximum Gasteiger partial charge on any atom is 0.224 e. The van der Waals surface area contributed by atoms with Gasteiger partial charge in [-0.3, -0.25) is 52.1 Å². The number of pyridine rings is 3. The molecule has 0 spiro atoms. The molecule has 0 saturated heterocycles. The van der Waals surface area contributed by atoms with Gasteiger partial charge in [0.1, 0.15) is 71.1 Å². The van der Waals surface area contributed by atoms with Gasteiger partial charge in [-0.25, -0.2) is 34.9 Å². The lowest BCUT2D eigenvalue weighted by Gasteiger charge is -2.40. The molecule has 4 fully saturated rings. The molecule has 12 aromatic rings. The summed E-state index contributed by atoms with van der Waals surface area (Å²) >= 11 is 3.85. The predicted molar refractivity (Wildman–Crippen MR) is 424 cm³/mol. The molecule has 0 radical (unpaired) electrons. The summed E-state index contributed by atoms with van der Waals surface area (Å²) in [5.74, 6) is 8.59. The molecule has 5 atom stereocenters. The zero-order valence-corrected chi connectivity index (χ0v) is 65.8. The average molecular weight is 1580 g/mol. The van der Waals surface area contributed by atoms with Crippen molar-refractivity contribution in [3.63, 3.8) is 0 Å². The summed E-state index contributed by atoms with van der Waals surface area (Å²) in [6.07, 6.45) is 43.9. The van der Waals surface area contributed by atoms with Crippen molar-refractivity contribution in [3.8, 4) is 45.5 Å². The second-order valence-corrected chi connectivity index (χ2v) is 30.7. The molecule has 16 heterocycles. The summed E-state index contributed by atoms with van der Waals surface area (Å²) in [6, 6.07) is 18.8. The van der Waals surface area contributed by atoms with Gasteiger partial charge >= 0.3 is 0 Å². The SMILES string of the molecule is CC(=O)c1ccccn1.CC[C@@H]1c2nncn2-c2cnc(-c3cn[nH]c3-c3ccccn3)nc2N1C1CCCC1.CC[C@@H]1c2nncn2-c2cnc(CC(=O)c3ccccn3)nc2N1C1CCCC1.CC[C@@H]1c2nncn2-c2cnc(CS(=O)[O-])nc2N1C1CCCC1.CC[C@@H]1c2nncn2-c2cnc(Cl)nc2N1C1CCCC1. The van der Waals surface area contributed by atoms with Crippen LogP contribution in [0.25, 0.3) is 45.5 Å². The van der Waals surface area contributed by atoms with Crippen LogP contribution in [0.1, 0.15) is 243 Å². The number of aromatic nitrogens is 25. The van der Waals surface area contributed by atoms with Gasteiger partial charge in [0, 0.05) is 49.7 Å². The molecular weight excluding hydrogens is 1490 g/mol. The molecule has 0 bridgehead atoms. The van der Waals surface area contributed by atoms with Crippen LogP contribution in [0.4, 0.5) is 23.3 Å². The Labute approximate surface area is 666 Å². The van der Waals surface area contributed by atoms with Crippen molar-refractivity contribution >= 4 is 57.5 Å². The molecule has 588 valence electrons. The van der Waals surface area contributed by atoms with E-state index in [1.807, 2.05) is 48.7 Å². The first kappa shape index (κ1) is 76.5. The monoisotopic (exact) mass is 1570 g/mol. The fraction of sp³-hybridized carbons (Fsp3) is 0.443. The first-order valence-corrected chi connectivity index (χ1v) is 41.2. The number of hydrogen-bond donors (Lipinski definition) is 1. The number of H-pyrrole nitrogens is 1. The molecule has 114 heavy (non-hydrogen) atoms. The third kappa shape index (κ3) is 15.4. The normalized spacial score (nSPS) is 18.9. The second kappa shape index (κ2) is 34.4. The largest absolute Gasteiger partial charge is 0.772 e. The Bertz CT molecular complexity index is 5330. The number of hydrogen-bond acceptors (Lipinski definition) is 28. The van der Waals surface area contributed by atoms with Crippen molar-refractivity contribution in [1.82, 2.24) is 124 Å². The van der Waals surface area contributed by atoms with Crippen LogP contribution in [0.5, 0.6) is 0 Å². The smallest absolute Gasteiger partial charge is 0.224 e. The van der Waals surface area contributed by atoms with Crippen molar-refractivity contribution in [2.24, 2.45) is 0 Å². The van der Waals surface area contributed by atoms with Crippen LogP contribution in [0.3, 0.4) is 0 Å². The highest BCUT2D eigenvalue weighted by atomic mass is 35.5. The number of halogens is 1. The summed E-state index contributed by atoms with van der Waals surface area (Å²) in [5.41, 5.74) is 7.01. The molecule has 1 unspecified atom stereocenters. The third-order valence-corrected chi connectivity index (χ3v) is 23.4. The van der Waals surface area contributed by atoms with E-state index in [1.165, 1.54) is 84.0 Å². The number of rotatable bonds is 16. The highest BCUT2D eigenvalue weighted by Crippen LogP contribution is 2.48. The molecule has 35 heteroatoms. The number of fused-ring (bicyclic) bond motifs is 12. The van der Waals surface area contributed by atoms with Crippen molar-refractivity contribution in [3.05, 3.63) is 181 Å². The quantitative estimate of drug-likeness (QED) is 0.0533. The molecule has 0 aromatic carbocycles. The standard InChI is InChI=1S/C22H23N9.C21H23N7O.C15H20N6O2S.C14H17ClN6.C7H7NO/c1-2-17-22-29-26-13-30(22)18-12-24-20(27-21(18)31(17)14-7-3-4-8-14)15-11-25-28-19(15)16-9-5-6-10-23-16;1-2-16-21-26-24-13-27(21)17-12-23-19(11-18(29)15-9-5-6-10-22-15)25-20(17)28(16)14-7-3-4-8-14;1-2-11-15-19-17-9-20(15)12-7-16-13(8-24(22)23)18-14(12)21(11)10-5-3-4-6-10;1-2-10-13-19-17-8-20(13)11-7-16-14(15)18-12(11)21(10)9-5-3-4-6-9;1-6(9)7-4-2-3-5-8-7/h5-6,9-14,17H,2-4,7-8H2,1H3,(H,25,28);5-6,9-10,12-14,16H,2-4,7-8,11H2,1H3;7,9-11H,2-6,8H2,1H3,(H,22,23);7-10H,2-6H2,1H3;2-5H,1H3/p-1/t17-;16-;11-;10-;/m1111./s1. The maximum atomic E-state index is 12.6. The van der Waals surface area contributed by atoms with Gasteiger partial charge in [0.2, 0.25) is 5.28 Å². The molecule has 0 amide bonds. The zero-order chi connectivity index (χ0) is 78.3. The number of nitrogens with one attached hydrogen (secondary N) is 1. The first-order chi connectivity index (χ1) is 55.9. The average Bonchev–Trinajstić information content (AvgIpc) is 1.50. The summed E-state index contributed by atoms with van der Waals surface area (Å²) in [7, 11) is 0.